The minimum Gasteiger partial charge on any atom is -0.381 e. The van der Waals surface area contributed by atoms with Crippen LogP contribution in [0, 0.1) is 5.92 Å². The largest absolute Gasteiger partial charge is 0.534 e. The van der Waals surface area contributed by atoms with Gasteiger partial charge in [-0.25, -0.2) is 17.4 Å². The van der Waals surface area contributed by atoms with E-state index in [1.54, 1.807) is 43.3 Å². The minimum absolute atomic E-state index is 0.0339. The molecular formula is C22H22ClF3N2O5S2. The predicted octanol–water partition coefficient (Wildman–Crippen LogP) is 5.15. The van der Waals surface area contributed by atoms with Crippen molar-refractivity contribution in [1.82, 2.24) is 8.96 Å². The van der Waals surface area contributed by atoms with Crippen LogP contribution in [0.15, 0.2) is 59.4 Å². The zero-order chi connectivity index (χ0) is 25.6. The average Bonchev–Trinajstić information content (AvgIpc) is 3.12. The van der Waals surface area contributed by atoms with Crippen molar-refractivity contribution in [2.45, 2.75) is 49.3 Å². The maximum atomic E-state index is 13.9. The fraction of sp³-hybridized carbons (Fsp3) is 0.409. The number of hydrogen-bond acceptors (Lipinski definition) is 6. The Labute approximate surface area is 206 Å². The van der Waals surface area contributed by atoms with Crippen LogP contribution in [0.4, 0.5) is 13.2 Å². The highest BCUT2D eigenvalue weighted by molar-refractivity contribution is 7.91. The highest BCUT2D eigenvalue weighted by atomic mass is 35.5. The van der Waals surface area contributed by atoms with Crippen LogP contribution in [0.3, 0.4) is 0 Å². The lowest BCUT2D eigenvalue weighted by Crippen LogP contribution is -2.39. The highest BCUT2D eigenvalue weighted by Gasteiger charge is 2.49. The Bertz CT molecular complexity index is 1460. The summed E-state index contributed by atoms with van der Waals surface area (Å²) in [6, 6.07) is 6.81. The van der Waals surface area contributed by atoms with Crippen molar-refractivity contribution in [2.75, 3.05) is 0 Å². The quantitative estimate of drug-likeness (QED) is 0.365. The van der Waals surface area contributed by atoms with Crippen molar-refractivity contribution in [3.05, 3.63) is 65.2 Å². The number of alkyl halides is 3. The summed E-state index contributed by atoms with van der Waals surface area (Å²) in [4.78, 5) is 4.54. The van der Waals surface area contributed by atoms with Gasteiger partial charge in [0.2, 0.25) is 10.0 Å². The molecule has 0 N–H and O–H groups in total. The van der Waals surface area contributed by atoms with Gasteiger partial charge in [0.25, 0.3) is 0 Å². The standard InChI is InChI=1S/C22H22ClF3N2O5S2/c1-21(12-4-5-16(23)14-21)34(29,30)28-19-7-3-2-6-18(19)27-20(28)13-15-8-10-17(11-9-15)33-35(31,32)22(24,25)26/h2-7,10,14-15H,8-9,11-13H2,1H3. The maximum Gasteiger partial charge on any atom is 0.534 e. The number of allylic oxidation sites excluding steroid dienone is 5. The predicted molar refractivity (Wildman–Crippen MR) is 125 cm³/mol. The highest BCUT2D eigenvalue weighted by Crippen LogP contribution is 2.37. The second kappa shape index (κ2) is 8.97. The van der Waals surface area contributed by atoms with Crippen molar-refractivity contribution in [2.24, 2.45) is 5.92 Å². The molecule has 0 fully saturated rings. The van der Waals surface area contributed by atoms with E-state index in [0.29, 0.717) is 22.5 Å². The third-order valence-corrected chi connectivity index (χ3v) is 9.69. The van der Waals surface area contributed by atoms with Gasteiger partial charge in [-0.05, 0) is 62.5 Å². The molecule has 1 aromatic heterocycles. The molecule has 0 aliphatic heterocycles. The molecule has 7 nitrogen and oxygen atoms in total. The molecule has 13 heteroatoms. The van der Waals surface area contributed by atoms with Crippen molar-refractivity contribution < 1.29 is 34.2 Å². The van der Waals surface area contributed by atoms with Crippen LogP contribution < -0.4 is 0 Å². The Morgan fingerprint density at radius 3 is 2.57 bits per heavy atom. The van der Waals surface area contributed by atoms with Gasteiger partial charge in [0.05, 0.1) is 11.0 Å². The summed E-state index contributed by atoms with van der Waals surface area (Å²) in [7, 11) is -9.74. The van der Waals surface area contributed by atoms with Gasteiger partial charge in [-0.15, -0.1) is 0 Å². The lowest BCUT2D eigenvalue weighted by atomic mass is 9.90. The third kappa shape index (κ3) is 4.88. The van der Waals surface area contributed by atoms with Gasteiger partial charge in [0.1, 0.15) is 16.3 Å². The summed E-state index contributed by atoms with van der Waals surface area (Å²) in [5, 5.41) is 0.312. The van der Waals surface area contributed by atoms with E-state index >= 15 is 0 Å². The number of benzene rings is 1. The van der Waals surface area contributed by atoms with Crippen molar-refractivity contribution in [3.8, 4) is 0 Å². The van der Waals surface area contributed by atoms with Gasteiger partial charge in [-0.3, -0.25) is 0 Å². The SMILES string of the molecule is CC1(S(=O)(=O)n2c(CC3CC=C(OS(=O)(=O)C(F)(F)F)CC3)nc3ccccc32)C=C(Cl)C=CC1. The van der Waals surface area contributed by atoms with Crippen LogP contribution >= 0.6 is 11.6 Å². The molecule has 2 atom stereocenters. The smallest absolute Gasteiger partial charge is 0.381 e. The molecule has 1 aromatic carbocycles. The summed E-state index contributed by atoms with van der Waals surface area (Å²) in [6.07, 6.45) is 7.04. The fourth-order valence-electron chi connectivity index (χ4n) is 4.22. The van der Waals surface area contributed by atoms with Crippen LogP contribution in [-0.2, 0) is 30.7 Å². The van der Waals surface area contributed by atoms with Crippen molar-refractivity contribution >= 4 is 42.8 Å². The molecule has 0 amide bonds. The lowest BCUT2D eigenvalue weighted by Gasteiger charge is -2.29. The molecule has 2 aliphatic rings. The van der Waals surface area contributed by atoms with Gasteiger partial charge in [-0.2, -0.15) is 21.6 Å². The molecule has 0 radical (unpaired) electrons. The molecule has 0 spiro atoms. The topological polar surface area (TPSA) is 95.3 Å². The number of hydrogen-bond donors (Lipinski definition) is 0. The number of rotatable bonds is 6. The van der Waals surface area contributed by atoms with Gasteiger partial charge in [0, 0.05) is 17.9 Å². The van der Waals surface area contributed by atoms with Gasteiger partial charge >= 0.3 is 15.6 Å². The Morgan fingerprint density at radius 1 is 1.23 bits per heavy atom. The second-order valence-corrected chi connectivity index (χ2v) is 13.0. The molecule has 2 aromatic rings. The first-order valence-electron chi connectivity index (χ1n) is 10.7. The van der Waals surface area contributed by atoms with Crippen LogP contribution in [0.5, 0.6) is 0 Å². The molecule has 2 unspecified atom stereocenters. The number of para-hydroxylation sites is 2. The average molecular weight is 551 g/mol. The normalized spacial score (nSPS) is 23.7. The maximum absolute atomic E-state index is 13.9. The van der Waals surface area contributed by atoms with Gasteiger partial charge < -0.3 is 4.18 Å². The van der Waals surface area contributed by atoms with Crippen LogP contribution in [0.1, 0.15) is 38.4 Å². The monoisotopic (exact) mass is 550 g/mol. The molecular weight excluding hydrogens is 529 g/mol. The zero-order valence-corrected chi connectivity index (χ0v) is 20.9. The van der Waals surface area contributed by atoms with E-state index in [9.17, 15) is 30.0 Å². The molecule has 0 saturated heterocycles. The molecule has 1 heterocycles. The molecule has 190 valence electrons. The van der Waals surface area contributed by atoms with Crippen LogP contribution in [-0.4, -0.2) is 36.0 Å². The van der Waals surface area contributed by atoms with E-state index in [2.05, 4.69) is 9.17 Å². The van der Waals surface area contributed by atoms with Gasteiger partial charge in [0.15, 0.2) is 0 Å². The Balaban J connectivity index is 1.64. The first-order chi connectivity index (χ1) is 16.2. The molecule has 0 bridgehead atoms. The first kappa shape index (κ1) is 25.8. The summed E-state index contributed by atoms with van der Waals surface area (Å²) in [6.45, 7) is 1.58. The Hall–Kier alpha value is -2.31. The van der Waals surface area contributed by atoms with E-state index < -0.39 is 30.4 Å². The number of fused-ring (bicyclic) bond motifs is 1. The summed E-state index contributed by atoms with van der Waals surface area (Å²) in [5.41, 5.74) is -4.61. The van der Waals surface area contributed by atoms with E-state index in [4.69, 9.17) is 11.6 Å². The van der Waals surface area contributed by atoms with E-state index in [1.807, 2.05) is 0 Å². The van der Waals surface area contributed by atoms with Crippen LogP contribution in [0.2, 0.25) is 0 Å². The molecule has 2 aliphatic carbocycles. The summed E-state index contributed by atoms with van der Waals surface area (Å²) in [5.74, 6) is -0.168. The van der Waals surface area contributed by atoms with Crippen molar-refractivity contribution in [3.63, 3.8) is 0 Å². The third-order valence-electron chi connectivity index (χ3n) is 6.11. The minimum atomic E-state index is -5.73. The van der Waals surface area contributed by atoms with E-state index in [0.717, 1.165) is 0 Å². The summed E-state index contributed by atoms with van der Waals surface area (Å²) >= 11 is 6.12. The Kier molecular flexibility index (Phi) is 6.60. The number of imidazole rings is 1. The first-order valence-corrected chi connectivity index (χ1v) is 13.9. The second-order valence-electron chi connectivity index (χ2n) is 8.73. The number of aromatic nitrogens is 2. The lowest BCUT2D eigenvalue weighted by molar-refractivity contribution is -0.0524. The van der Waals surface area contributed by atoms with E-state index in [1.165, 1.54) is 16.1 Å². The fourth-order valence-corrected chi connectivity index (χ4v) is 6.94. The van der Waals surface area contributed by atoms with Gasteiger partial charge in [-0.1, -0.05) is 29.8 Å². The molecule has 35 heavy (non-hydrogen) atoms. The summed E-state index contributed by atoms with van der Waals surface area (Å²) < 4.78 is 92.2. The Morgan fingerprint density at radius 2 is 1.94 bits per heavy atom. The molecule has 0 saturated carbocycles. The van der Waals surface area contributed by atoms with E-state index in [-0.39, 0.29) is 43.2 Å². The number of nitrogens with zero attached hydrogens (tertiary/aromatic N) is 2. The van der Waals surface area contributed by atoms with Crippen molar-refractivity contribution in [1.29, 1.82) is 0 Å². The molecule has 4 rings (SSSR count). The number of halogens is 4. The zero-order valence-electron chi connectivity index (χ0n) is 18.5. The van der Waals surface area contributed by atoms with Crippen LogP contribution in [0.25, 0.3) is 11.0 Å².